The van der Waals surface area contributed by atoms with Crippen molar-refractivity contribution in [2.24, 2.45) is 0 Å². The van der Waals surface area contributed by atoms with E-state index < -0.39 is 11.5 Å². The van der Waals surface area contributed by atoms with Crippen LogP contribution in [-0.2, 0) is 4.79 Å². The largest absolute Gasteiger partial charge is 0.480 e. The normalized spacial score (nSPS) is 18.4. The molecule has 1 aromatic carbocycles. The summed E-state index contributed by atoms with van der Waals surface area (Å²) in [5.41, 5.74) is 2.96. The highest BCUT2D eigenvalue weighted by atomic mass is 16.4. The molecule has 2 N–H and O–H groups in total. The molecule has 0 aromatic heterocycles. The summed E-state index contributed by atoms with van der Waals surface area (Å²) in [5, 5.41) is 12.4. The molecule has 1 heterocycles. The summed E-state index contributed by atoms with van der Waals surface area (Å²) in [5.74, 6) is -0.740. The smallest absolute Gasteiger partial charge is 0.324 e. The van der Waals surface area contributed by atoms with Crippen molar-refractivity contribution in [3.63, 3.8) is 0 Å². The number of nitrogens with one attached hydrogen (secondary N) is 1. The van der Waals surface area contributed by atoms with Crippen LogP contribution in [0.4, 0.5) is 5.69 Å². The predicted octanol–water partition coefficient (Wildman–Crippen LogP) is 1.95. The minimum atomic E-state index is -0.756. The van der Waals surface area contributed by atoms with Gasteiger partial charge in [-0.3, -0.25) is 4.79 Å². The highest BCUT2D eigenvalue weighted by Crippen LogP contribution is 2.29. The van der Waals surface area contributed by atoms with Crippen LogP contribution < -0.4 is 10.2 Å². The minimum Gasteiger partial charge on any atom is -0.480 e. The highest BCUT2D eigenvalue weighted by molar-refractivity contribution is 5.79. The molecule has 0 amide bonds. The van der Waals surface area contributed by atoms with Gasteiger partial charge in [-0.05, 0) is 50.9 Å². The fourth-order valence-corrected chi connectivity index (χ4v) is 2.76. The second kappa shape index (κ2) is 5.21. The SMILES string of the molecule is CNC1(C(=O)O)CCN(c2cc(C)ccc2C)CC1. The van der Waals surface area contributed by atoms with Gasteiger partial charge in [0.05, 0.1) is 0 Å². The number of aryl methyl sites for hydroxylation is 2. The van der Waals surface area contributed by atoms with Crippen molar-refractivity contribution < 1.29 is 9.90 Å². The first kappa shape index (κ1) is 13.9. The van der Waals surface area contributed by atoms with E-state index in [-0.39, 0.29) is 0 Å². The van der Waals surface area contributed by atoms with Gasteiger partial charge >= 0.3 is 5.97 Å². The number of likely N-dealkylation sites (N-methyl/N-ethyl adjacent to an activating group) is 1. The first-order valence-corrected chi connectivity index (χ1v) is 6.73. The molecule has 0 aliphatic carbocycles. The fourth-order valence-electron chi connectivity index (χ4n) is 2.76. The van der Waals surface area contributed by atoms with Gasteiger partial charge in [-0.15, -0.1) is 0 Å². The molecule has 1 aliphatic rings. The molecule has 4 heteroatoms. The van der Waals surface area contributed by atoms with E-state index in [9.17, 15) is 9.90 Å². The quantitative estimate of drug-likeness (QED) is 0.874. The Labute approximate surface area is 114 Å². The Balaban J connectivity index is 2.16. The van der Waals surface area contributed by atoms with Crippen LogP contribution >= 0.6 is 0 Å². The number of benzene rings is 1. The van der Waals surface area contributed by atoms with E-state index in [0.717, 1.165) is 13.1 Å². The van der Waals surface area contributed by atoms with E-state index in [0.29, 0.717) is 12.8 Å². The van der Waals surface area contributed by atoms with Crippen molar-refractivity contribution in [1.82, 2.24) is 5.32 Å². The van der Waals surface area contributed by atoms with Crippen LogP contribution in [0.3, 0.4) is 0 Å². The van der Waals surface area contributed by atoms with E-state index in [1.54, 1.807) is 7.05 Å². The first-order valence-electron chi connectivity index (χ1n) is 6.73. The van der Waals surface area contributed by atoms with Crippen LogP contribution in [0, 0.1) is 13.8 Å². The number of carbonyl (C=O) groups is 1. The minimum absolute atomic E-state index is 0.631. The third-order valence-electron chi connectivity index (χ3n) is 4.21. The van der Waals surface area contributed by atoms with Crippen molar-refractivity contribution in [3.8, 4) is 0 Å². The highest BCUT2D eigenvalue weighted by Gasteiger charge is 2.40. The van der Waals surface area contributed by atoms with Crippen LogP contribution in [-0.4, -0.2) is 36.8 Å². The summed E-state index contributed by atoms with van der Waals surface area (Å²) in [6.07, 6.45) is 1.26. The summed E-state index contributed by atoms with van der Waals surface area (Å²) < 4.78 is 0. The molecule has 0 radical (unpaired) electrons. The lowest BCUT2D eigenvalue weighted by Crippen LogP contribution is -2.57. The summed E-state index contributed by atoms with van der Waals surface area (Å²) in [6, 6.07) is 6.42. The summed E-state index contributed by atoms with van der Waals surface area (Å²) in [6.45, 7) is 5.74. The lowest BCUT2D eigenvalue weighted by atomic mass is 9.87. The molecule has 0 atom stereocenters. The molecule has 0 spiro atoms. The zero-order valence-corrected chi connectivity index (χ0v) is 11.9. The topological polar surface area (TPSA) is 52.6 Å². The molecule has 1 saturated heterocycles. The van der Waals surface area contributed by atoms with Crippen LogP contribution in [0.5, 0.6) is 0 Å². The zero-order valence-electron chi connectivity index (χ0n) is 11.9. The molecule has 0 unspecified atom stereocenters. The lowest BCUT2D eigenvalue weighted by molar-refractivity contribution is -0.145. The summed E-state index contributed by atoms with van der Waals surface area (Å²) >= 11 is 0. The van der Waals surface area contributed by atoms with Gasteiger partial charge in [0, 0.05) is 18.8 Å². The number of anilines is 1. The van der Waals surface area contributed by atoms with Gasteiger partial charge in [0.1, 0.15) is 5.54 Å². The van der Waals surface area contributed by atoms with Crippen molar-refractivity contribution >= 4 is 11.7 Å². The maximum Gasteiger partial charge on any atom is 0.324 e. The number of carboxylic acids is 1. The van der Waals surface area contributed by atoms with Crippen LogP contribution in [0.25, 0.3) is 0 Å². The maximum absolute atomic E-state index is 11.4. The monoisotopic (exact) mass is 262 g/mol. The molecular weight excluding hydrogens is 240 g/mol. The molecule has 1 aliphatic heterocycles. The molecule has 0 bridgehead atoms. The van der Waals surface area contributed by atoms with Gasteiger partial charge in [0.2, 0.25) is 0 Å². The van der Waals surface area contributed by atoms with Crippen LogP contribution in [0.15, 0.2) is 18.2 Å². The number of hydrogen-bond donors (Lipinski definition) is 2. The van der Waals surface area contributed by atoms with Gasteiger partial charge in [-0.2, -0.15) is 0 Å². The average Bonchev–Trinajstić information content (AvgIpc) is 2.41. The summed E-state index contributed by atoms with van der Waals surface area (Å²) in [7, 11) is 1.74. The second-order valence-electron chi connectivity index (χ2n) is 5.41. The molecular formula is C15H22N2O2. The Kier molecular flexibility index (Phi) is 3.80. The van der Waals surface area contributed by atoms with Gasteiger partial charge in [-0.1, -0.05) is 12.1 Å². The van der Waals surface area contributed by atoms with Gasteiger partial charge in [0.15, 0.2) is 0 Å². The molecule has 104 valence electrons. The Hall–Kier alpha value is -1.55. The van der Waals surface area contributed by atoms with Gasteiger partial charge in [0.25, 0.3) is 0 Å². The molecule has 1 fully saturated rings. The third kappa shape index (κ3) is 2.59. The van der Waals surface area contributed by atoms with E-state index in [1.165, 1.54) is 16.8 Å². The van der Waals surface area contributed by atoms with E-state index in [4.69, 9.17) is 0 Å². The third-order valence-corrected chi connectivity index (χ3v) is 4.21. The molecule has 19 heavy (non-hydrogen) atoms. The molecule has 2 rings (SSSR count). The van der Waals surface area contributed by atoms with Gasteiger partial charge < -0.3 is 15.3 Å². The number of hydrogen-bond acceptors (Lipinski definition) is 3. The number of rotatable bonds is 3. The number of nitrogens with zero attached hydrogens (tertiary/aromatic N) is 1. The maximum atomic E-state index is 11.4. The van der Waals surface area contributed by atoms with Crippen LogP contribution in [0.1, 0.15) is 24.0 Å². The number of aliphatic carboxylic acids is 1. The van der Waals surface area contributed by atoms with Crippen molar-refractivity contribution in [2.45, 2.75) is 32.2 Å². The fraction of sp³-hybridized carbons (Fsp3) is 0.533. The predicted molar refractivity (Wildman–Crippen MR) is 76.8 cm³/mol. The second-order valence-corrected chi connectivity index (χ2v) is 5.41. The number of carboxylic acid groups (broad SMARTS) is 1. The number of piperidine rings is 1. The van der Waals surface area contributed by atoms with E-state index in [1.807, 2.05) is 0 Å². The molecule has 4 nitrogen and oxygen atoms in total. The van der Waals surface area contributed by atoms with E-state index in [2.05, 4.69) is 42.3 Å². The lowest BCUT2D eigenvalue weighted by Gasteiger charge is -2.40. The summed E-state index contributed by atoms with van der Waals surface area (Å²) in [4.78, 5) is 13.7. The molecule has 1 aromatic rings. The molecule has 0 saturated carbocycles. The Bertz CT molecular complexity index is 477. The Morgan fingerprint density at radius 1 is 1.32 bits per heavy atom. The van der Waals surface area contributed by atoms with Crippen molar-refractivity contribution in [3.05, 3.63) is 29.3 Å². The standard InChI is InChI=1S/C15H22N2O2/c1-11-4-5-12(2)13(10-11)17-8-6-15(16-3,7-9-17)14(18)19/h4-5,10,16H,6-9H2,1-3H3,(H,18,19). The average molecular weight is 262 g/mol. The van der Waals surface area contributed by atoms with E-state index >= 15 is 0 Å². The van der Waals surface area contributed by atoms with Crippen LogP contribution in [0.2, 0.25) is 0 Å². The Morgan fingerprint density at radius 2 is 1.95 bits per heavy atom. The zero-order chi connectivity index (χ0) is 14.0. The van der Waals surface area contributed by atoms with Gasteiger partial charge in [-0.25, -0.2) is 0 Å². The Morgan fingerprint density at radius 3 is 2.47 bits per heavy atom. The van der Waals surface area contributed by atoms with Crippen molar-refractivity contribution in [2.75, 3.05) is 25.0 Å². The first-order chi connectivity index (χ1) is 8.98. The van der Waals surface area contributed by atoms with Crippen molar-refractivity contribution in [1.29, 1.82) is 0 Å².